The van der Waals surface area contributed by atoms with Gasteiger partial charge < -0.3 is 10.3 Å². The fourth-order valence-electron chi connectivity index (χ4n) is 1.96. The maximum absolute atomic E-state index is 12.1. The number of amides is 1. The predicted molar refractivity (Wildman–Crippen MR) is 79.2 cm³/mol. The summed E-state index contributed by atoms with van der Waals surface area (Å²) in [4.78, 5) is 35.0. The second kappa shape index (κ2) is 5.88. The largest absolute Gasteiger partial charge is 0.354 e. The molecule has 0 aliphatic heterocycles. The van der Waals surface area contributed by atoms with Crippen molar-refractivity contribution in [2.45, 2.75) is 13.0 Å². The molecular weight excluding hydrogens is 290 g/mol. The molecule has 0 radical (unpaired) electrons. The van der Waals surface area contributed by atoms with E-state index in [1.54, 1.807) is 18.6 Å². The van der Waals surface area contributed by atoms with Gasteiger partial charge in [0, 0.05) is 24.9 Å². The Balaban J connectivity index is 1.60. The van der Waals surface area contributed by atoms with E-state index in [0.29, 0.717) is 23.2 Å². The second-order valence-corrected chi connectivity index (χ2v) is 5.41. The van der Waals surface area contributed by atoms with Crippen LogP contribution in [-0.2, 0) is 17.8 Å². The minimum Gasteiger partial charge on any atom is -0.354 e. The van der Waals surface area contributed by atoms with E-state index < -0.39 is 0 Å². The summed E-state index contributed by atoms with van der Waals surface area (Å²) < 4.78 is 1.90. The smallest absolute Gasteiger partial charge is 0.271 e. The third-order valence-electron chi connectivity index (χ3n) is 3.02. The number of aromatic amines is 1. The van der Waals surface area contributed by atoms with Crippen molar-refractivity contribution >= 4 is 27.5 Å². The van der Waals surface area contributed by atoms with Crippen LogP contribution in [0.2, 0.25) is 0 Å². The average molecular weight is 303 g/mol. The number of rotatable bonds is 5. The quantitative estimate of drug-likeness (QED) is 0.719. The number of nitrogens with zero attached hydrogens (tertiary/aromatic N) is 3. The molecule has 0 atom stereocenters. The first-order chi connectivity index (χ1) is 10.2. The van der Waals surface area contributed by atoms with Crippen molar-refractivity contribution in [2.75, 3.05) is 6.54 Å². The van der Waals surface area contributed by atoms with Crippen molar-refractivity contribution in [3.8, 4) is 0 Å². The lowest BCUT2D eigenvalue weighted by Crippen LogP contribution is -2.33. The fourth-order valence-corrected chi connectivity index (χ4v) is 2.75. The Bertz CT molecular complexity index is 805. The third-order valence-corrected chi connectivity index (χ3v) is 3.91. The molecule has 8 heteroatoms. The first kappa shape index (κ1) is 13.5. The fraction of sp³-hybridized carbons (Fsp3) is 0.231. The van der Waals surface area contributed by atoms with E-state index in [0.717, 1.165) is 5.69 Å². The molecule has 3 aromatic rings. The first-order valence-corrected chi connectivity index (χ1v) is 7.28. The Kier molecular flexibility index (Phi) is 3.78. The van der Waals surface area contributed by atoms with Crippen LogP contribution in [0.3, 0.4) is 0 Å². The van der Waals surface area contributed by atoms with Gasteiger partial charge in [0.1, 0.15) is 11.2 Å². The number of nitrogens with one attached hydrogen (secondary N) is 2. The number of fused-ring (bicyclic) bond motifs is 1. The van der Waals surface area contributed by atoms with Gasteiger partial charge in [-0.1, -0.05) is 0 Å². The number of imidazole rings is 1. The summed E-state index contributed by atoms with van der Waals surface area (Å²) in [5, 5.41) is 4.58. The zero-order chi connectivity index (χ0) is 14.7. The Hall–Kier alpha value is -2.48. The molecule has 0 bridgehead atoms. The van der Waals surface area contributed by atoms with E-state index in [1.165, 1.54) is 22.2 Å². The predicted octanol–water partition coefficient (Wildman–Crippen LogP) is 0.540. The molecule has 1 amide bonds. The number of hydrogen-bond acceptors (Lipinski definition) is 5. The van der Waals surface area contributed by atoms with Crippen LogP contribution in [0.1, 0.15) is 5.69 Å². The summed E-state index contributed by atoms with van der Waals surface area (Å²) in [6, 6.07) is 1.79. The minimum atomic E-state index is -0.214. The first-order valence-electron chi connectivity index (χ1n) is 6.40. The van der Waals surface area contributed by atoms with E-state index in [-0.39, 0.29) is 18.0 Å². The number of H-pyrrole nitrogens is 1. The molecule has 3 rings (SSSR count). The van der Waals surface area contributed by atoms with Crippen molar-refractivity contribution in [2.24, 2.45) is 0 Å². The van der Waals surface area contributed by atoms with E-state index >= 15 is 0 Å². The highest BCUT2D eigenvalue weighted by atomic mass is 32.1. The van der Waals surface area contributed by atoms with Crippen molar-refractivity contribution in [3.63, 3.8) is 0 Å². The zero-order valence-electron chi connectivity index (χ0n) is 11.1. The summed E-state index contributed by atoms with van der Waals surface area (Å²) in [5.41, 5.74) is 1.44. The molecule has 0 saturated heterocycles. The van der Waals surface area contributed by atoms with Gasteiger partial charge >= 0.3 is 0 Å². The Morgan fingerprint density at radius 2 is 2.38 bits per heavy atom. The van der Waals surface area contributed by atoms with Crippen molar-refractivity contribution in [1.29, 1.82) is 0 Å². The molecule has 108 valence electrons. The topological polar surface area (TPSA) is 92.7 Å². The Morgan fingerprint density at radius 3 is 3.19 bits per heavy atom. The Morgan fingerprint density at radius 1 is 1.48 bits per heavy atom. The molecule has 3 aromatic heterocycles. The summed E-state index contributed by atoms with van der Waals surface area (Å²) in [7, 11) is 0. The summed E-state index contributed by atoms with van der Waals surface area (Å²) in [6.07, 6.45) is 5.39. The van der Waals surface area contributed by atoms with Gasteiger partial charge in [0.05, 0.1) is 18.2 Å². The van der Waals surface area contributed by atoms with Crippen LogP contribution < -0.4 is 10.9 Å². The molecule has 7 nitrogen and oxygen atoms in total. The summed E-state index contributed by atoms with van der Waals surface area (Å²) in [6.45, 7) is 0.465. The number of aromatic nitrogens is 4. The van der Waals surface area contributed by atoms with Gasteiger partial charge in [-0.25, -0.2) is 9.97 Å². The van der Waals surface area contributed by atoms with Crippen molar-refractivity contribution in [1.82, 2.24) is 24.8 Å². The van der Waals surface area contributed by atoms with Crippen molar-refractivity contribution in [3.05, 3.63) is 46.3 Å². The lowest BCUT2D eigenvalue weighted by molar-refractivity contribution is -0.121. The normalized spacial score (nSPS) is 10.9. The SMILES string of the molecule is O=C(Cn1cnc2ccsc2c1=O)NCCc1cnc[nH]1. The van der Waals surface area contributed by atoms with Crippen LogP contribution >= 0.6 is 11.3 Å². The van der Waals surface area contributed by atoms with Gasteiger partial charge in [-0.2, -0.15) is 0 Å². The number of carbonyl (C=O) groups is 1. The minimum absolute atomic E-state index is 0.0251. The molecule has 0 fully saturated rings. The lowest BCUT2D eigenvalue weighted by atomic mass is 10.3. The second-order valence-electron chi connectivity index (χ2n) is 4.49. The van der Waals surface area contributed by atoms with Gasteiger partial charge in [0.15, 0.2) is 0 Å². The summed E-state index contributed by atoms with van der Waals surface area (Å²) in [5.74, 6) is -0.214. The number of carbonyl (C=O) groups excluding carboxylic acids is 1. The van der Waals surface area contributed by atoms with Gasteiger partial charge in [-0.05, 0) is 11.4 Å². The number of thiophene rings is 1. The highest BCUT2D eigenvalue weighted by Gasteiger charge is 2.08. The average Bonchev–Trinajstić information content (AvgIpc) is 3.13. The molecule has 0 saturated carbocycles. The van der Waals surface area contributed by atoms with Crippen molar-refractivity contribution < 1.29 is 4.79 Å². The maximum atomic E-state index is 12.1. The van der Waals surface area contributed by atoms with E-state index in [9.17, 15) is 9.59 Å². The van der Waals surface area contributed by atoms with Gasteiger partial charge in [-0.15, -0.1) is 11.3 Å². The highest BCUT2D eigenvalue weighted by molar-refractivity contribution is 7.17. The Labute approximate surface area is 123 Å². The van der Waals surface area contributed by atoms with Crippen LogP contribution in [0.15, 0.2) is 35.1 Å². The molecule has 0 aromatic carbocycles. The lowest BCUT2D eigenvalue weighted by Gasteiger charge is -2.06. The third kappa shape index (κ3) is 3.00. The van der Waals surface area contributed by atoms with Crippen LogP contribution in [0, 0.1) is 0 Å². The van der Waals surface area contributed by atoms with Crippen LogP contribution in [0.25, 0.3) is 10.2 Å². The number of hydrogen-bond donors (Lipinski definition) is 2. The van der Waals surface area contributed by atoms with Crippen LogP contribution in [-0.4, -0.2) is 32.0 Å². The van der Waals surface area contributed by atoms with E-state index in [4.69, 9.17) is 0 Å². The van der Waals surface area contributed by atoms with E-state index in [2.05, 4.69) is 20.3 Å². The maximum Gasteiger partial charge on any atom is 0.271 e. The van der Waals surface area contributed by atoms with E-state index in [1.807, 2.05) is 5.38 Å². The van der Waals surface area contributed by atoms with Gasteiger partial charge in [-0.3, -0.25) is 14.2 Å². The highest BCUT2D eigenvalue weighted by Crippen LogP contribution is 2.12. The molecule has 21 heavy (non-hydrogen) atoms. The van der Waals surface area contributed by atoms with Gasteiger partial charge in [0.2, 0.25) is 5.91 Å². The summed E-state index contributed by atoms with van der Waals surface area (Å²) >= 11 is 1.33. The molecule has 0 aliphatic rings. The molecule has 2 N–H and O–H groups in total. The molecule has 3 heterocycles. The molecule has 0 aliphatic carbocycles. The monoisotopic (exact) mass is 303 g/mol. The zero-order valence-corrected chi connectivity index (χ0v) is 11.9. The van der Waals surface area contributed by atoms with Gasteiger partial charge in [0.25, 0.3) is 5.56 Å². The standard InChI is InChI=1S/C13H13N5O2S/c19-11(15-3-1-9-5-14-7-16-9)6-18-8-17-10-2-4-21-12(10)13(18)20/h2,4-5,7-8H,1,3,6H2,(H,14,16)(H,15,19). The molecular formula is C13H13N5O2S. The molecule has 0 spiro atoms. The molecule has 0 unspecified atom stereocenters. The van der Waals surface area contributed by atoms with Crippen LogP contribution in [0.4, 0.5) is 0 Å². The van der Waals surface area contributed by atoms with Crippen LogP contribution in [0.5, 0.6) is 0 Å².